The van der Waals surface area contributed by atoms with Crippen molar-refractivity contribution in [3.8, 4) is 0 Å². The molecule has 0 N–H and O–H groups in total. The number of hydrogen-bond donors (Lipinski definition) is 0. The Morgan fingerprint density at radius 3 is 1.94 bits per heavy atom. The predicted molar refractivity (Wildman–Crippen MR) is 75.7 cm³/mol. The van der Waals surface area contributed by atoms with Crippen LogP contribution in [0.15, 0.2) is 58.8 Å². The van der Waals surface area contributed by atoms with Crippen molar-refractivity contribution >= 4 is 21.5 Å². The summed E-state index contributed by atoms with van der Waals surface area (Å²) in [7, 11) is 0. The summed E-state index contributed by atoms with van der Waals surface area (Å²) in [5, 5.41) is 0. The number of allylic oxidation sites excluding steroid dienone is 1. The molecule has 0 atom stereocenters. The molecule has 0 radical (unpaired) electrons. The molecule has 17 heavy (non-hydrogen) atoms. The molecule has 0 bridgehead atoms. The van der Waals surface area contributed by atoms with E-state index in [1.165, 1.54) is 22.3 Å². The smallest absolute Gasteiger partial charge is 0.0273 e. The molecule has 1 heterocycles. The molecule has 0 aliphatic heterocycles. The molecule has 0 saturated heterocycles. The Hall–Kier alpha value is -1.41. The molecule has 2 heteroatoms. The van der Waals surface area contributed by atoms with E-state index in [0.29, 0.717) is 0 Å². The quantitative estimate of drug-likeness (QED) is 0.781. The summed E-state index contributed by atoms with van der Waals surface area (Å²) in [5.41, 5.74) is 5.03. The summed E-state index contributed by atoms with van der Waals surface area (Å²) < 4.78 is 1.10. The first-order valence-corrected chi connectivity index (χ1v) is 6.31. The highest BCUT2D eigenvalue weighted by Gasteiger charge is 2.06. The molecule has 0 aliphatic rings. The fourth-order valence-corrected chi connectivity index (χ4v) is 2.14. The van der Waals surface area contributed by atoms with Gasteiger partial charge >= 0.3 is 0 Å². The molecule has 0 amide bonds. The Bertz CT molecular complexity index is 523. The van der Waals surface area contributed by atoms with Crippen LogP contribution in [0.5, 0.6) is 0 Å². The van der Waals surface area contributed by atoms with Gasteiger partial charge in [0.05, 0.1) is 0 Å². The summed E-state index contributed by atoms with van der Waals surface area (Å²) in [4.78, 5) is 4.06. The average molecular weight is 288 g/mol. The summed E-state index contributed by atoms with van der Waals surface area (Å²) in [6.45, 7) is 4.27. The average Bonchev–Trinajstić information content (AvgIpc) is 2.33. The van der Waals surface area contributed by atoms with Crippen LogP contribution in [0.4, 0.5) is 0 Å². The molecule has 0 fully saturated rings. The Morgan fingerprint density at radius 2 is 1.41 bits per heavy atom. The van der Waals surface area contributed by atoms with E-state index in [-0.39, 0.29) is 0 Å². The number of halogens is 1. The van der Waals surface area contributed by atoms with Crippen molar-refractivity contribution in [1.82, 2.24) is 4.98 Å². The van der Waals surface area contributed by atoms with Crippen molar-refractivity contribution in [2.24, 2.45) is 0 Å². The minimum absolute atomic E-state index is 1.10. The highest BCUT2D eigenvalue weighted by atomic mass is 79.9. The third kappa shape index (κ3) is 2.83. The first-order valence-electron chi connectivity index (χ1n) is 5.52. The van der Waals surface area contributed by atoms with Crippen molar-refractivity contribution in [2.45, 2.75) is 13.8 Å². The lowest BCUT2D eigenvalue weighted by Crippen LogP contribution is -1.90. The Balaban J connectivity index is 2.52. The summed E-state index contributed by atoms with van der Waals surface area (Å²) in [5.74, 6) is 0. The molecule has 0 spiro atoms. The molecule has 86 valence electrons. The number of aromatic nitrogens is 1. The standard InChI is InChI=1S/C15H14BrN/c1-11(2)15(13-7-9-17-10-8-13)12-3-5-14(16)6-4-12/h3-10H,1-2H3. The van der Waals surface area contributed by atoms with Crippen LogP contribution < -0.4 is 0 Å². The van der Waals surface area contributed by atoms with E-state index in [1.807, 2.05) is 24.5 Å². The SMILES string of the molecule is CC(C)=C(c1ccncc1)c1ccc(Br)cc1. The largest absolute Gasteiger partial charge is 0.265 e. The van der Waals surface area contributed by atoms with Gasteiger partial charge in [-0.25, -0.2) is 0 Å². The van der Waals surface area contributed by atoms with E-state index in [0.717, 1.165) is 4.47 Å². The second kappa shape index (κ2) is 5.28. The fourth-order valence-electron chi connectivity index (χ4n) is 1.88. The van der Waals surface area contributed by atoms with Crippen molar-refractivity contribution in [2.75, 3.05) is 0 Å². The van der Waals surface area contributed by atoms with Gasteiger partial charge in [-0.15, -0.1) is 0 Å². The molecular weight excluding hydrogens is 274 g/mol. The predicted octanol–water partition coefficient (Wildman–Crippen LogP) is 4.69. The van der Waals surface area contributed by atoms with E-state index in [1.54, 1.807) is 0 Å². The van der Waals surface area contributed by atoms with Gasteiger partial charge in [-0.1, -0.05) is 33.6 Å². The number of hydrogen-bond acceptors (Lipinski definition) is 1. The monoisotopic (exact) mass is 287 g/mol. The number of rotatable bonds is 2. The van der Waals surface area contributed by atoms with Crippen molar-refractivity contribution in [3.63, 3.8) is 0 Å². The van der Waals surface area contributed by atoms with Crippen molar-refractivity contribution < 1.29 is 0 Å². The van der Waals surface area contributed by atoms with E-state index >= 15 is 0 Å². The first-order chi connectivity index (χ1) is 8.18. The highest BCUT2D eigenvalue weighted by molar-refractivity contribution is 9.10. The van der Waals surface area contributed by atoms with Crippen LogP contribution in [-0.2, 0) is 0 Å². The number of nitrogens with zero attached hydrogens (tertiary/aromatic N) is 1. The fraction of sp³-hybridized carbons (Fsp3) is 0.133. The van der Waals surface area contributed by atoms with Crippen LogP contribution >= 0.6 is 15.9 Å². The number of benzene rings is 1. The van der Waals surface area contributed by atoms with Crippen LogP contribution in [0.2, 0.25) is 0 Å². The van der Waals surface area contributed by atoms with Gasteiger partial charge in [-0.2, -0.15) is 0 Å². The zero-order chi connectivity index (χ0) is 12.3. The van der Waals surface area contributed by atoms with Crippen molar-refractivity contribution in [1.29, 1.82) is 0 Å². The van der Waals surface area contributed by atoms with E-state index < -0.39 is 0 Å². The maximum absolute atomic E-state index is 4.06. The Labute approximate surface area is 110 Å². The summed E-state index contributed by atoms with van der Waals surface area (Å²) in [6.07, 6.45) is 3.66. The molecular formula is C15H14BrN. The van der Waals surface area contributed by atoms with Gasteiger partial charge < -0.3 is 0 Å². The van der Waals surface area contributed by atoms with Gasteiger partial charge in [0.25, 0.3) is 0 Å². The summed E-state index contributed by atoms with van der Waals surface area (Å²) in [6, 6.07) is 12.5. The Kier molecular flexibility index (Phi) is 3.75. The maximum atomic E-state index is 4.06. The van der Waals surface area contributed by atoms with Gasteiger partial charge in [0.2, 0.25) is 0 Å². The third-order valence-electron chi connectivity index (χ3n) is 2.60. The molecule has 2 rings (SSSR count). The van der Waals surface area contributed by atoms with Gasteiger partial charge in [0, 0.05) is 16.9 Å². The molecule has 2 aromatic rings. The molecule has 1 aromatic carbocycles. The lowest BCUT2D eigenvalue weighted by atomic mass is 9.95. The van der Waals surface area contributed by atoms with Gasteiger partial charge in [0.15, 0.2) is 0 Å². The molecule has 1 aromatic heterocycles. The maximum Gasteiger partial charge on any atom is 0.0273 e. The zero-order valence-corrected chi connectivity index (χ0v) is 11.5. The third-order valence-corrected chi connectivity index (χ3v) is 3.13. The van der Waals surface area contributed by atoms with Crippen LogP contribution in [-0.4, -0.2) is 4.98 Å². The lowest BCUT2D eigenvalue weighted by molar-refractivity contribution is 1.30. The number of pyridine rings is 1. The Morgan fingerprint density at radius 1 is 0.882 bits per heavy atom. The normalized spacial score (nSPS) is 10.1. The van der Waals surface area contributed by atoms with Crippen molar-refractivity contribution in [3.05, 3.63) is 70.0 Å². The van der Waals surface area contributed by atoms with Crippen LogP contribution in [0.25, 0.3) is 5.57 Å². The van der Waals surface area contributed by atoms with Gasteiger partial charge in [-0.3, -0.25) is 4.98 Å². The van der Waals surface area contributed by atoms with Gasteiger partial charge in [-0.05, 0) is 54.8 Å². The van der Waals surface area contributed by atoms with Crippen LogP contribution in [0.3, 0.4) is 0 Å². The first kappa shape index (κ1) is 12.1. The highest BCUT2D eigenvalue weighted by Crippen LogP contribution is 2.27. The zero-order valence-electron chi connectivity index (χ0n) is 9.94. The minimum atomic E-state index is 1.10. The van der Waals surface area contributed by atoms with Crippen LogP contribution in [0.1, 0.15) is 25.0 Å². The molecule has 0 aliphatic carbocycles. The van der Waals surface area contributed by atoms with E-state index in [2.05, 4.69) is 59.0 Å². The second-order valence-electron chi connectivity index (χ2n) is 4.12. The van der Waals surface area contributed by atoms with Crippen LogP contribution in [0, 0.1) is 0 Å². The lowest BCUT2D eigenvalue weighted by Gasteiger charge is -2.10. The van der Waals surface area contributed by atoms with Gasteiger partial charge in [0.1, 0.15) is 0 Å². The molecule has 0 unspecified atom stereocenters. The minimum Gasteiger partial charge on any atom is -0.265 e. The topological polar surface area (TPSA) is 12.9 Å². The van der Waals surface area contributed by atoms with E-state index in [4.69, 9.17) is 0 Å². The molecule has 0 saturated carbocycles. The molecule has 1 nitrogen and oxygen atoms in total. The second-order valence-corrected chi connectivity index (χ2v) is 5.03. The van der Waals surface area contributed by atoms with E-state index in [9.17, 15) is 0 Å². The summed E-state index contributed by atoms with van der Waals surface area (Å²) >= 11 is 3.46.